The minimum absolute atomic E-state index is 1.13. The molecule has 0 aliphatic carbocycles. The number of hydrogen-bond acceptors (Lipinski definition) is 1. The Hall–Kier alpha value is -1.89. The smallest absolute Gasteiger partial charge is 0.0711 e. The number of pyridine rings is 1. The number of hydrogen-bond donors (Lipinski definition) is 0. The molecule has 2 aromatic carbocycles. The number of aryl methyl sites for hydroxylation is 1. The normalized spacial score (nSPS) is 11.4. The second kappa shape index (κ2) is 11.1. The van der Waals surface area contributed by atoms with Gasteiger partial charge in [0.25, 0.3) is 0 Å². The lowest BCUT2D eigenvalue weighted by Crippen LogP contribution is -1.91. The summed E-state index contributed by atoms with van der Waals surface area (Å²) >= 11 is 0. The highest BCUT2D eigenvalue weighted by Crippen LogP contribution is 2.27. The molecule has 0 saturated carbocycles. The molecule has 0 saturated heterocycles. The zero-order valence-corrected chi connectivity index (χ0v) is 17.1. The van der Waals surface area contributed by atoms with Crippen molar-refractivity contribution in [1.82, 2.24) is 4.98 Å². The summed E-state index contributed by atoms with van der Waals surface area (Å²) in [4.78, 5) is 4.67. The maximum Gasteiger partial charge on any atom is 0.0711 e. The van der Waals surface area contributed by atoms with Gasteiger partial charge in [-0.1, -0.05) is 108 Å². The van der Waals surface area contributed by atoms with E-state index in [1.807, 2.05) is 6.20 Å². The van der Waals surface area contributed by atoms with Gasteiger partial charge < -0.3 is 0 Å². The standard InChI is InChI=1S/C26H35N/c1-2-3-4-5-6-7-8-9-10-11-12-16-22-18-15-20-25-26(22)24-19-14-13-17-23(24)21-27-25/h13-15,17-21H,2-12,16H2,1H3. The van der Waals surface area contributed by atoms with Crippen LogP contribution in [0, 0.1) is 0 Å². The van der Waals surface area contributed by atoms with Crippen LogP contribution in [-0.2, 0) is 6.42 Å². The molecule has 0 amide bonds. The first-order valence-electron chi connectivity index (χ1n) is 11.2. The van der Waals surface area contributed by atoms with Crippen LogP contribution in [0.15, 0.2) is 48.7 Å². The Morgan fingerprint density at radius 1 is 0.667 bits per heavy atom. The summed E-state index contributed by atoms with van der Waals surface area (Å²) in [6.45, 7) is 2.29. The molecule has 0 atom stereocenters. The Labute approximate surface area is 165 Å². The Balaban J connectivity index is 1.44. The van der Waals surface area contributed by atoms with Crippen LogP contribution >= 0.6 is 0 Å². The van der Waals surface area contributed by atoms with Crippen molar-refractivity contribution in [2.75, 3.05) is 0 Å². The number of fused-ring (bicyclic) bond motifs is 3. The van der Waals surface area contributed by atoms with E-state index in [0.29, 0.717) is 0 Å². The Morgan fingerprint density at radius 2 is 1.33 bits per heavy atom. The molecule has 0 unspecified atom stereocenters. The Bertz CT molecular complexity index is 821. The minimum atomic E-state index is 1.13. The SMILES string of the molecule is CCCCCCCCCCCCCc1cccc2ncc3ccccc3c12. The first kappa shape index (κ1) is 19.9. The average Bonchev–Trinajstić information content (AvgIpc) is 2.72. The molecule has 0 bridgehead atoms. The molecule has 0 N–H and O–H groups in total. The van der Waals surface area contributed by atoms with Gasteiger partial charge in [0, 0.05) is 17.0 Å². The molecule has 1 heteroatoms. The molecular formula is C26H35N. The van der Waals surface area contributed by atoms with Crippen LogP contribution in [0.2, 0.25) is 0 Å². The van der Waals surface area contributed by atoms with Gasteiger partial charge in [0.15, 0.2) is 0 Å². The number of unbranched alkanes of at least 4 members (excludes halogenated alkanes) is 10. The van der Waals surface area contributed by atoms with Gasteiger partial charge in [-0.25, -0.2) is 0 Å². The zero-order valence-electron chi connectivity index (χ0n) is 17.1. The molecule has 0 spiro atoms. The summed E-state index contributed by atoms with van der Waals surface area (Å²) in [7, 11) is 0. The van der Waals surface area contributed by atoms with E-state index in [1.54, 1.807) is 0 Å². The number of rotatable bonds is 12. The molecule has 0 aliphatic heterocycles. The van der Waals surface area contributed by atoms with Crippen molar-refractivity contribution in [2.24, 2.45) is 0 Å². The first-order chi connectivity index (χ1) is 13.4. The predicted molar refractivity (Wildman–Crippen MR) is 119 cm³/mol. The molecule has 1 aromatic heterocycles. The maximum atomic E-state index is 4.67. The van der Waals surface area contributed by atoms with Crippen molar-refractivity contribution < 1.29 is 0 Å². The van der Waals surface area contributed by atoms with Crippen LogP contribution < -0.4 is 0 Å². The average molecular weight is 362 g/mol. The highest BCUT2D eigenvalue weighted by atomic mass is 14.6. The van der Waals surface area contributed by atoms with Crippen molar-refractivity contribution in [3.05, 3.63) is 54.2 Å². The van der Waals surface area contributed by atoms with Crippen molar-refractivity contribution in [3.8, 4) is 0 Å². The summed E-state index contributed by atoms with van der Waals surface area (Å²) in [6.07, 6.45) is 18.6. The summed E-state index contributed by atoms with van der Waals surface area (Å²) < 4.78 is 0. The van der Waals surface area contributed by atoms with Gasteiger partial charge >= 0.3 is 0 Å². The zero-order chi connectivity index (χ0) is 18.7. The molecular weight excluding hydrogens is 326 g/mol. The van der Waals surface area contributed by atoms with Gasteiger partial charge in [-0.3, -0.25) is 4.98 Å². The van der Waals surface area contributed by atoms with E-state index in [0.717, 1.165) is 5.52 Å². The molecule has 3 aromatic rings. The van der Waals surface area contributed by atoms with Crippen molar-refractivity contribution >= 4 is 21.7 Å². The lowest BCUT2D eigenvalue weighted by molar-refractivity contribution is 0.550. The summed E-state index contributed by atoms with van der Waals surface area (Å²) in [6, 6.07) is 15.3. The molecule has 3 rings (SSSR count). The van der Waals surface area contributed by atoms with E-state index in [2.05, 4.69) is 54.4 Å². The van der Waals surface area contributed by atoms with Crippen molar-refractivity contribution in [1.29, 1.82) is 0 Å². The molecule has 1 heterocycles. The Kier molecular flexibility index (Phi) is 8.14. The summed E-state index contributed by atoms with van der Waals surface area (Å²) in [5.41, 5.74) is 2.60. The number of nitrogens with zero attached hydrogens (tertiary/aromatic N) is 1. The lowest BCUT2D eigenvalue weighted by atomic mass is 9.97. The van der Waals surface area contributed by atoms with E-state index in [-0.39, 0.29) is 0 Å². The Morgan fingerprint density at radius 3 is 2.07 bits per heavy atom. The van der Waals surface area contributed by atoms with E-state index in [1.165, 1.54) is 98.8 Å². The molecule has 0 fully saturated rings. The summed E-state index contributed by atoms with van der Waals surface area (Å²) in [5, 5.41) is 3.96. The highest BCUT2D eigenvalue weighted by Gasteiger charge is 2.06. The quantitative estimate of drug-likeness (QED) is 0.234. The van der Waals surface area contributed by atoms with Gasteiger partial charge in [0.1, 0.15) is 0 Å². The maximum absolute atomic E-state index is 4.67. The lowest BCUT2D eigenvalue weighted by Gasteiger charge is -2.09. The predicted octanol–water partition coefficient (Wildman–Crippen LogP) is 8.24. The van der Waals surface area contributed by atoms with Crippen LogP contribution in [0.4, 0.5) is 0 Å². The van der Waals surface area contributed by atoms with Crippen molar-refractivity contribution in [3.63, 3.8) is 0 Å². The van der Waals surface area contributed by atoms with E-state index < -0.39 is 0 Å². The van der Waals surface area contributed by atoms with Gasteiger partial charge in [0.2, 0.25) is 0 Å². The van der Waals surface area contributed by atoms with E-state index in [4.69, 9.17) is 0 Å². The van der Waals surface area contributed by atoms with E-state index in [9.17, 15) is 0 Å². The molecule has 27 heavy (non-hydrogen) atoms. The van der Waals surface area contributed by atoms with Crippen LogP contribution in [0.3, 0.4) is 0 Å². The molecule has 1 nitrogen and oxygen atoms in total. The van der Waals surface area contributed by atoms with Gasteiger partial charge in [-0.05, 0) is 29.9 Å². The minimum Gasteiger partial charge on any atom is -0.256 e. The first-order valence-corrected chi connectivity index (χ1v) is 11.2. The van der Waals surface area contributed by atoms with Gasteiger partial charge in [-0.2, -0.15) is 0 Å². The molecule has 144 valence electrons. The summed E-state index contributed by atoms with van der Waals surface area (Å²) in [5.74, 6) is 0. The molecule has 0 aliphatic rings. The highest BCUT2D eigenvalue weighted by molar-refractivity contribution is 6.07. The topological polar surface area (TPSA) is 12.9 Å². The number of benzene rings is 2. The number of aromatic nitrogens is 1. The van der Waals surface area contributed by atoms with Crippen LogP contribution in [0.1, 0.15) is 83.1 Å². The molecule has 0 radical (unpaired) electrons. The fraction of sp³-hybridized carbons (Fsp3) is 0.500. The van der Waals surface area contributed by atoms with Crippen LogP contribution in [0.25, 0.3) is 21.7 Å². The third-order valence-electron chi connectivity index (χ3n) is 5.75. The van der Waals surface area contributed by atoms with E-state index >= 15 is 0 Å². The second-order valence-electron chi connectivity index (χ2n) is 7.94. The largest absolute Gasteiger partial charge is 0.256 e. The fourth-order valence-electron chi connectivity index (χ4n) is 4.17. The van der Waals surface area contributed by atoms with Gasteiger partial charge in [0.05, 0.1) is 5.52 Å². The van der Waals surface area contributed by atoms with Crippen LogP contribution in [-0.4, -0.2) is 4.98 Å². The van der Waals surface area contributed by atoms with Crippen molar-refractivity contribution in [2.45, 2.75) is 84.0 Å². The monoisotopic (exact) mass is 361 g/mol. The third-order valence-corrected chi connectivity index (χ3v) is 5.75. The van der Waals surface area contributed by atoms with Gasteiger partial charge in [-0.15, -0.1) is 0 Å². The fourth-order valence-corrected chi connectivity index (χ4v) is 4.17. The second-order valence-corrected chi connectivity index (χ2v) is 7.94. The van der Waals surface area contributed by atoms with Crippen LogP contribution in [0.5, 0.6) is 0 Å². The third kappa shape index (κ3) is 5.79.